The number of hydrogen-bond donors (Lipinski definition) is 0. The number of carbonyl (C=O) groups excluding carboxylic acids is 1. The molecule has 2 aromatic rings. The lowest BCUT2D eigenvalue weighted by atomic mass is 9.94. The van der Waals surface area contributed by atoms with Crippen LogP contribution >= 0.6 is 11.6 Å². The summed E-state index contributed by atoms with van der Waals surface area (Å²) < 4.78 is 7.41. The molecule has 20 heavy (non-hydrogen) atoms. The number of Topliss-reactive ketones (excluding diaryl/α,β-unsaturated/α-hetero) is 1. The van der Waals surface area contributed by atoms with Crippen LogP contribution in [0.2, 0.25) is 5.02 Å². The molecule has 0 aliphatic carbocycles. The first-order valence-electron chi connectivity index (χ1n) is 6.74. The Morgan fingerprint density at radius 1 is 1.45 bits per heavy atom. The second kappa shape index (κ2) is 4.98. The molecule has 0 amide bonds. The van der Waals surface area contributed by atoms with Crippen molar-refractivity contribution in [3.05, 3.63) is 40.5 Å². The highest BCUT2D eigenvalue weighted by atomic mass is 35.5. The van der Waals surface area contributed by atoms with Crippen LogP contribution in [-0.2, 0) is 13.0 Å². The monoisotopic (exact) mass is 289 g/mol. The van der Waals surface area contributed by atoms with Gasteiger partial charge in [0, 0.05) is 30.3 Å². The SMILES string of the molecule is CCC(=O)c1ccn2c1-c1cc(Cl)c(OC)cc1CC2. The van der Waals surface area contributed by atoms with Crippen molar-refractivity contribution in [2.24, 2.45) is 0 Å². The third kappa shape index (κ3) is 1.93. The van der Waals surface area contributed by atoms with Crippen LogP contribution in [0.4, 0.5) is 0 Å². The molecular formula is C16H16ClNO2. The molecule has 2 heterocycles. The molecule has 0 bridgehead atoms. The van der Waals surface area contributed by atoms with E-state index in [0.29, 0.717) is 17.2 Å². The molecule has 0 fully saturated rings. The van der Waals surface area contributed by atoms with Crippen molar-refractivity contribution in [2.75, 3.05) is 7.11 Å². The summed E-state index contributed by atoms with van der Waals surface area (Å²) >= 11 is 6.24. The van der Waals surface area contributed by atoms with E-state index in [9.17, 15) is 4.79 Å². The Morgan fingerprint density at radius 3 is 2.95 bits per heavy atom. The van der Waals surface area contributed by atoms with Crippen molar-refractivity contribution in [3.63, 3.8) is 0 Å². The molecule has 0 unspecified atom stereocenters. The average molecular weight is 290 g/mol. The lowest BCUT2D eigenvalue weighted by Crippen LogP contribution is -2.12. The highest BCUT2D eigenvalue weighted by Gasteiger charge is 2.23. The summed E-state index contributed by atoms with van der Waals surface area (Å²) in [5.74, 6) is 0.854. The zero-order valence-corrected chi connectivity index (χ0v) is 12.3. The number of hydrogen-bond acceptors (Lipinski definition) is 2. The van der Waals surface area contributed by atoms with Crippen LogP contribution in [-0.4, -0.2) is 17.5 Å². The number of methoxy groups -OCH3 is 1. The van der Waals surface area contributed by atoms with Crippen molar-refractivity contribution in [2.45, 2.75) is 26.3 Å². The van der Waals surface area contributed by atoms with Gasteiger partial charge in [0.15, 0.2) is 5.78 Å². The lowest BCUT2D eigenvalue weighted by Gasteiger charge is -2.22. The molecule has 0 N–H and O–H groups in total. The van der Waals surface area contributed by atoms with Gasteiger partial charge in [-0.05, 0) is 30.2 Å². The fourth-order valence-electron chi connectivity index (χ4n) is 2.79. The first-order valence-corrected chi connectivity index (χ1v) is 7.12. The van der Waals surface area contributed by atoms with E-state index in [4.69, 9.17) is 16.3 Å². The Balaban J connectivity index is 2.21. The molecule has 0 radical (unpaired) electrons. The summed E-state index contributed by atoms with van der Waals surface area (Å²) in [5, 5.41) is 0.579. The van der Waals surface area contributed by atoms with Gasteiger partial charge in [-0.2, -0.15) is 0 Å². The van der Waals surface area contributed by atoms with Crippen molar-refractivity contribution in [1.82, 2.24) is 4.57 Å². The average Bonchev–Trinajstić information content (AvgIpc) is 2.90. The van der Waals surface area contributed by atoms with Gasteiger partial charge in [0.1, 0.15) is 5.75 Å². The van der Waals surface area contributed by atoms with Crippen LogP contribution in [0.3, 0.4) is 0 Å². The van der Waals surface area contributed by atoms with E-state index in [1.54, 1.807) is 7.11 Å². The maximum absolute atomic E-state index is 12.1. The molecule has 3 nitrogen and oxygen atoms in total. The van der Waals surface area contributed by atoms with E-state index in [2.05, 4.69) is 4.57 Å². The smallest absolute Gasteiger partial charge is 0.164 e. The molecular weight excluding hydrogens is 274 g/mol. The van der Waals surface area contributed by atoms with E-state index in [-0.39, 0.29) is 5.78 Å². The molecule has 1 aliphatic rings. The van der Waals surface area contributed by atoms with Gasteiger partial charge in [-0.3, -0.25) is 4.79 Å². The number of rotatable bonds is 3. The number of benzene rings is 1. The van der Waals surface area contributed by atoms with Gasteiger partial charge in [0.25, 0.3) is 0 Å². The van der Waals surface area contributed by atoms with Crippen LogP contribution in [0.15, 0.2) is 24.4 Å². The van der Waals surface area contributed by atoms with Crippen LogP contribution in [0, 0.1) is 0 Å². The Kier molecular flexibility index (Phi) is 3.30. The van der Waals surface area contributed by atoms with E-state index in [1.807, 2.05) is 31.3 Å². The standard InChI is InChI=1S/C16H16ClNO2/c1-3-14(19)11-5-7-18-6-4-10-8-15(20-2)13(17)9-12(10)16(11)18/h5,7-9H,3-4,6H2,1-2H3. The zero-order chi connectivity index (χ0) is 14.3. The molecule has 1 aliphatic heterocycles. The maximum Gasteiger partial charge on any atom is 0.164 e. The number of ether oxygens (including phenoxy) is 1. The predicted molar refractivity (Wildman–Crippen MR) is 79.8 cm³/mol. The number of ketones is 1. The molecule has 0 saturated carbocycles. The Bertz CT molecular complexity index is 688. The highest BCUT2D eigenvalue weighted by molar-refractivity contribution is 6.32. The quantitative estimate of drug-likeness (QED) is 0.801. The molecule has 0 spiro atoms. The largest absolute Gasteiger partial charge is 0.495 e. The summed E-state index contributed by atoms with van der Waals surface area (Å²) in [4.78, 5) is 12.1. The minimum absolute atomic E-state index is 0.165. The number of halogens is 1. The maximum atomic E-state index is 12.1. The minimum Gasteiger partial charge on any atom is -0.495 e. The Morgan fingerprint density at radius 2 is 2.25 bits per heavy atom. The molecule has 0 saturated heterocycles. The number of carbonyl (C=O) groups is 1. The summed E-state index contributed by atoms with van der Waals surface area (Å²) in [6.45, 7) is 2.77. The van der Waals surface area contributed by atoms with Crippen molar-refractivity contribution >= 4 is 17.4 Å². The number of nitrogens with zero attached hydrogens (tertiary/aromatic N) is 1. The summed E-state index contributed by atoms with van der Waals surface area (Å²) in [6.07, 6.45) is 3.42. The van der Waals surface area contributed by atoms with Gasteiger partial charge in [0.05, 0.1) is 17.8 Å². The molecule has 104 valence electrons. The van der Waals surface area contributed by atoms with Crippen LogP contribution in [0.1, 0.15) is 29.3 Å². The summed E-state index contributed by atoms with van der Waals surface area (Å²) in [5.41, 5.74) is 4.00. The topological polar surface area (TPSA) is 31.2 Å². The second-order valence-corrected chi connectivity index (χ2v) is 5.35. The van der Waals surface area contributed by atoms with E-state index in [0.717, 1.165) is 29.8 Å². The van der Waals surface area contributed by atoms with Crippen molar-refractivity contribution in [3.8, 4) is 17.0 Å². The first kappa shape index (κ1) is 13.3. The number of aromatic nitrogens is 1. The number of fused-ring (bicyclic) bond motifs is 3. The van der Waals surface area contributed by atoms with Gasteiger partial charge in [-0.15, -0.1) is 0 Å². The van der Waals surface area contributed by atoms with E-state index in [1.165, 1.54) is 5.56 Å². The summed E-state index contributed by atoms with van der Waals surface area (Å²) in [6, 6.07) is 5.80. The van der Waals surface area contributed by atoms with E-state index >= 15 is 0 Å². The molecule has 4 heteroatoms. The Labute approximate surface area is 123 Å². The predicted octanol–water partition coefficient (Wildman–Crippen LogP) is 3.97. The van der Waals surface area contributed by atoms with Crippen molar-refractivity contribution < 1.29 is 9.53 Å². The van der Waals surface area contributed by atoms with Crippen molar-refractivity contribution in [1.29, 1.82) is 0 Å². The fraction of sp³-hybridized carbons (Fsp3) is 0.312. The minimum atomic E-state index is 0.165. The van der Waals surface area contributed by atoms with Crippen LogP contribution < -0.4 is 4.74 Å². The van der Waals surface area contributed by atoms with Gasteiger partial charge in [0.2, 0.25) is 0 Å². The normalized spacial score (nSPS) is 12.8. The molecule has 1 aromatic carbocycles. The zero-order valence-electron chi connectivity index (χ0n) is 11.6. The fourth-order valence-corrected chi connectivity index (χ4v) is 3.04. The molecule has 0 atom stereocenters. The van der Waals surface area contributed by atoms with E-state index < -0.39 is 0 Å². The third-order valence-electron chi connectivity index (χ3n) is 3.84. The second-order valence-electron chi connectivity index (χ2n) is 4.94. The first-order chi connectivity index (χ1) is 9.65. The highest BCUT2D eigenvalue weighted by Crippen LogP contribution is 2.39. The van der Waals surface area contributed by atoms with Gasteiger partial charge >= 0.3 is 0 Å². The van der Waals surface area contributed by atoms with Gasteiger partial charge in [-0.1, -0.05) is 18.5 Å². The van der Waals surface area contributed by atoms with Crippen LogP contribution in [0.5, 0.6) is 5.75 Å². The van der Waals surface area contributed by atoms with Gasteiger partial charge < -0.3 is 9.30 Å². The van der Waals surface area contributed by atoms with Crippen LogP contribution in [0.25, 0.3) is 11.3 Å². The Hall–Kier alpha value is -1.74. The number of aryl methyl sites for hydroxylation is 2. The summed E-state index contributed by atoms with van der Waals surface area (Å²) in [7, 11) is 1.62. The van der Waals surface area contributed by atoms with Gasteiger partial charge in [-0.25, -0.2) is 0 Å². The molecule has 1 aromatic heterocycles. The lowest BCUT2D eigenvalue weighted by molar-refractivity contribution is 0.0989. The third-order valence-corrected chi connectivity index (χ3v) is 4.14. The molecule has 3 rings (SSSR count).